The first-order chi connectivity index (χ1) is 16.1. The van der Waals surface area contributed by atoms with Crippen molar-refractivity contribution in [2.45, 2.75) is 25.7 Å². The number of hydrogen-bond acceptors (Lipinski definition) is 5. The number of benzene rings is 2. The average molecular weight is 477 g/mol. The van der Waals surface area contributed by atoms with Gasteiger partial charge >= 0.3 is 12.1 Å². The van der Waals surface area contributed by atoms with E-state index in [2.05, 4.69) is 9.73 Å². The van der Waals surface area contributed by atoms with Gasteiger partial charge in [-0.1, -0.05) is 12.1 Å². The molecule has 34 heavy (non-hydrogen) atoms. The van der Waals surface area contributed by atoms with Crippen molar-refractivity contribution in [2.75, 3.05) is 7.11 Å². The van der Waals surface area contributed by atoms with Gasteiger partial charge in [0.1, 0.15) is 23.1 Å². The van der Waals surface area contributed by atoms with E-state index in [1.54, 1.807) is 24.3 Å². The van der Waals surface area contributed by atoms with E-state index in [1.807, 2.05) is 0 Å². The van der Waals surface area contributed by atoms with Crippen LogP contribution in [0.4, 0.5) is 23.4 Å². The van der Waals surface area contributed by atoms with Crippen molar-refractivity contribution >= 4 is 11.5 Å². The number of aromatic nitrogens is 2. The summed E-state index contributed by atoms with van der Waals surface area (Å²) in [4.78, 5) is 30.2. The highest BCUT2D eigenvalue weighted by Gasteiger charge is 2.31. The fourth-order valence-electron chi connectivity index (χ4n) is 3.77. The number of aliphatic imine (C=N–C) groups is 1. The summed E-state index contributed by atoms with van der Waals surface area (Å²) in [5.74, 6) is -0.514. The quantitative estimate of drug-likeness (QED) is 0.510. The molecular formula is C23H19F4N3O4. The second kappa shape index (κ2) is 8.81. The summed E-state index contributed by atoms with van der Waals surface area (Å²) >= 11 is 0. The maximum Gasteiger partial charge on any atom is 0.573 e. The fraction of sp³-hybridized carbons (Fsp3) is 0.261. The highest BCUT2D eigenvalue weighted by atomic mass is 19.4. The zero-order valence-electron chi connectivity index (χ0n) is 18.1. The molecule has 0 aliphatic carbocycles. The topological polar surface area (TPSA) is 74.8 Å². The van der Waals surface area contributed by atoms with Crippen molar-refractivity contribution in [3.05, 3.63) is 85.8 Å². The minimum Gasteiger partial charge on any atom is -0.497 e. The van der Waals surface area contributed by atoms with Crippen molar-refractivity contribution in [1.29, 1.82) is 0 Å². The lowest BCUT2D eigenvalue weighted by Gasteiger charge is -2.11. The van der Waals surface area contributed by atoms with Crippen LogP contribution >= 0.6 is 0 Å². The van der Waals surface area contributed by atoms with Gasteiger partial charge in [-0.05, 0) is 41.5 Å². The van der Waals surface area contributed by atoms with Gasteiger partial charge in [0, 0.05) is 25.6 Å². The van der Waals surface area contributed by atoms with Gasteiger partial charge in [0.2, 0.25) is 0 Å². The van der Waals surface area contributed by atoms with Gasteiger partial charge in [0.25, 0.3) is 5.56 Å². The van der Waals surface area contributed by atoms with E-state index in [9.17, 15) is 27.2 Å². The van der Waals surface area contributed by atoms with Crippen LogP contribution in [0.1, 0.15) is 16.7 Å². The second-order valence-corrected chi connectivity index (χ2v) is 7.72. The Labute approximate surface area is 190 Å². The van der Waals surface area contributed by atoms with Crippen LogP contribution in [0.3, 0.4) is 0 Å². The van der Waals surface area contributed by atoms with Crippen molar-refractivity contribution < 1.29 is 27.0 Å². The van der Waals surface area contributed by atoms with Crippen LogP contribution < -0.4 is 20.7 Å². The molecule has 0 atom stereocenters. The van der Waals surface area contributed by atoms with E-state index in [0.717, 1.165) is 22.8 Å². The largest absolute Gasteiger partial charge is 0.573 e. The maximum absolute atomic E-state index is 14.2. The summed E-state index contributed by atoms with van der Waals surface area (Å²) < 4.78 is 63.0. The Hall–Kier alpha value is -3.89. The number of fused-ring (bicyclic) bond motifs is 1. The van der Waals surface area contributed by atoms with Crippen LogP contribution in [0.5, 0.6) is 11.5 Å². The van der Waals surface area contributed by atoms with Gasteiger partial charge in [-0.3, -0.25) is 13.9 Å². The Morgan fingerprint density at radius 2 is 1.74 bits per heavy atom. The van der Waals surface area contributed by atoms with Gasteiger partial charge in [-0.2, -0.15) is 0 Å². The number of hydrogen-bond donors (Lipinski definition) is 0. The maximum atomic E-state index is 14.2. The summed E-state index contributed by atoms with van der Waals surface area (Å²) in [5.41, 5.74) is 0.138. The predicted octanol–water partition coefficient (Wildman–Crippen LogP) is 3.51. The van der Waals surface area contributed by atoms with E-state index >= 15 is 0 Å². The normalized spacial score (nSPS) is 12.9. The number of alkyl halides is 3. The highest BCUT2D eigenvalue weighted by Crippen LogP contribution is 2.28. The van der Waals surface area contributed by atoms with E-state index in [1.165, 1.54) is 18.7 Å². The molecule has 0 saturated heterocycles. The van der Waals surface area contributed by atoms with E-state index < -0.39 is 29.2 Å². The van der Waals surface area contributed by atoms with Crippen LogP contribution in [0.2, 0.25) is 0 Å². The van der Waals surface area contributed by atoms with Gasteiger partial charge < -0.3 is 9.47 Å². The number of nitrogens with zero attached hydrogens (tertiary/aromatic N) is 3. The molecule has 4 rings (SSSR count). The third kappa shape index (κ3) is 4.73. The molecule has 7 nitrogen and oxygen atoms in total. The highest BCUT2D eigenvalue weighted by molar-refractivity contribution is 5.94. The van der Waals surface area contributed by atoms with Crippen LogP contribution in [-0.2, 0) is 26.4 Å². The van der Waals surface area contributed by atoms with Crippen LogP contribution in [0.25, 0.3) is 0 Å². The monoisotopic (exact) mass is 477 g/mol. The van der Waals surface area contributed by atoms with E-state index in [0.29, 0.717) is 17.0 Å². The Morgan fingerprint density at radius 1 is 1.06 bits per heavy atom. The number of halogens is 4. The molecule has 0 fully saturated rings. The lowest BCUT2D eigenvalue weighted by Crippen LogP contribution is -2.40. The molecule has 0 N–H and O–H groups in total. The van der Waals surface area contributed by atoms with Crippen molar-refractivity contribution in [3.63, 3.8) is 0 Å². The molecule has 3 aromatic rings. The molecule has 0 saturated carbocycles. The predicted molar refractivity (Wildman–Crippen MR) is 116 cm³/mol. The summed E-state index contributed by atoms with van der Waals surface area (Å²) in [5, 5.41) is 0. The average Bonchev–Trinajstić information content (AvgIpc) is 3.21. The standard InChI is InChI=1S/C23H19F4N3O4/c1-29-20-18(21(31)30(22(29)32)12-13-3-5-16(33-2)6-4-13)11-15(28-20)9-14-10-17(7-8-19(14)24)34-23(25,26)27/h3-8,10H,9,11-12H2,1-2H3. The minimum absolute atomic E-state index is 0.0313. The SMILES string of the molecule is COc1ccc(Cn2c(=O)c3c(n(C)c2=O)N=C(Cc2cc(OC(F)(F)F)ccc2F)C3)cc1. The Balaban J connectivity index is 1.61. The molecule has 0 radical (unpaired) electrons. The molecule has 1 aromatic heterocycles. The molecular weight excluding hydrogens is 458 g/mol. The molecule has 11 heteroatoms. The van der Waals surface area contributed by atoms with Gasteiger partial charge in [-0.25, -0.2) is 14.2 Å². The molecule has 1 aliphatic rings. The van der Waals surface area contributed by atoms with Gasteiger partial charge in [-0.15, -0.1) is 13.2 Å². The zero-order valence-corrected chi connectivity index (χ0v) is 18.1. The van der Waals surface area contributed by atoms with Crippen molar-refractivity contribution in [1.82, 2.24) is 9.13 Å². The molecule has 0 unspecified atom stereocenters. The third-order valence-electron chi connectivity index (χ3n) is 5.40. The summed E-state index contributed by atoms with van der Waals surface area (Å²) in [6.45, 7) is 0.0313. The first-order valence-corrected chi connectivity index (χ1v) is 10.1. The van der Waals surface area contributed by atoms with Gasteiger partial charge in [0.15, 0.2) is 0 Å². The summed E-state index contributed by atoms with van der Waals surface area (Å²) in [6, 6.07) is 9.58. The Kier molecular flexibility index (Phi) is 6.03. The Bertz CT molecular complexity index is 1390. The van der Waals surface area contributed by atoms with Gasteiger partial charge in [0.05, 0.1) is 19.2 Å². The summed E-state index contributed by atoms with van der Waals surface area (Å²) in [6.07, 6.45) is -5.03. The smallest absolute Gasteiger partial charge is 0.497 e. The molecule has 178 valence electrons. The number of methoxy groups -OCH3 is 1. The lowest BCUT2D eigenvalue weighted by molar-refractivity contribution is -0.274. The molecule has 0 spiro atoms. The molecule has 0 bridgehead atoms. The van der Waals surface area contributed by atoms with Crippen LogP contribution in [-0.4, -0.2) is 28.3 Å². The second-order valence-electron chi connectivity index (χ2n) is 7.72. The fourth-order valence-corrected chi connectivity index (χ4v) is 3.77. The van der Waals surface area contributed by atoms with Crippen molar-refractivity contribution in [3.8, 4) is 11.5 Å². The van der Waals surface area contributed by atoms with E-state index in [-0.39, 0.29) is 36.3 Å². The first kappa shape index (κ1) is 23.3. The molecule has 0 amide bonds. The van der Waals surface area contributed by atoms with Crippen molar-refractivity contribution in [2.24, 2.45) is 12.0 Å². The number of rotatable bonds is 6. The van der Waals surface area contributed by atoms with Crippen LogP contribution in [0.15, 0.2) is 57.0 Å². The number of ether oxygens (including phenoxy) is 2. The lowest BCUT2D eigenvalue weighted by atomic mass is 10.0. The van der Waals surface area contributed by atoms with Crippen LogP contribution in [0, 0.1) is 5.82 Å². The first-order valence-electron chi connectivity index (χ1n) is 10.1. The third-order valence-corrected chi connectivity index (χ3v) is 5.40. The molecule has 2 aromatic carbocycles. The molecule has 2 heterocycles. The minimum atomic E-state index is -4.91. The summed E-state index contributed by atoms with van der Waals surface area (Å²) in [7, 11) is 2.99. The molecule has 1 aliphatic heterocycles. The van der Waals surface area contributed by atoms with E-state index in [4.69, 9.17) is 4.74 Å². The zero-order chi connectivity index (χ0) is 24.6. The Morgan fingerprint density at radius 3 is 2.38 bits per heavy atom.